The van der Waals surface area contributed by atoms with Gasteiger partial charge in [0.2, 0.25) is 0 Å². The summed E-state index contributed by atoms with van der Waals surface area (Å²) in [6.45, 7) is 7.20. The van der Waals surface area contributed by atoms with Gasteiger partial charge in [0, 0.05) is 37.9 Å². The van der Waals surface area contributed by atoms with Gasteiger partial charge in [0.1, 0.15) is 0 Å². The minimum atomic E-state index is -0.671. The molecule has 150 valence electrons. The van der Waals surface area contributed by atoms with Crippen molar-refractivity contribution in [1.29, 1.82) is 0 Å². The van der Waals surface area contributed by atoms with Gasteiger partial charge in [0.05, 0.1) is 6.10 Å². The quantitative estimate of drug-likeness (QED) is 0.428. The SMILES string of the molecule is CCN(CC)c1ccc(CN(N)C[C@H](O)[C@@H](N)Cc2ccccc2)cc1.Cl. The summed E-state index contributed by atoms with van der Waals surface area (Å²) in [7, 11) is 0. The van der Waals surface area contributed by atoms with E-state index in [4.69, 9.17) is 11.6 Å². The number of anilines is 1. The van der Waals surface area contributed by atoms with Crippen LogP contribution in [0.2, 0.25) is 0 Å². The van der Waals surface area contributed by atoms with Crippen LogP contribution in [0.1, 0.15) is 25.0 Å². The Kier molecular flexibility index (Phi) is 10.4. The smallest absolute Gasteiger partial charge is 0.0835 e. The average molecular weight is 393 g/mol. The van der Waals surface area contributed by atoms with Crippen LogP contribution in [-0.2, 0) is 13.0 Å². The van der Waals surface area contributed by atoms with Crippen LogP contribution in [0.5, 0.6) is 0 Å². The first-order chi connectivity index (χ1) is 12.5. The molecular formula is C21H33ClN4O. The molecule has 2 aromatic carbocycles. The zero-order chi connectivity index (χ0) is 18.9. The predicted octanol–water partition coefficient (Wildman–Crippen LogP) is 2.56. The molecule has 0 fully saturated rings. The lowest BCUT2D eigenvalue weighted by atomic mass is 10.0. The van der Waals surface area contributed by atoms with Crippen LogP contribution >= 0.6 is 12.4 Å². The highest BCUT2D eigenvalue weighted by Gasteiger charge is 2.17. The topological polar surface area (TPSA) is 78.8 Å². The third-order valence-electron chi connectivity index (χ3n) is 4.68. The number of hydrogen-bond donors (Lipinski definition) is 3. The fourth-order valence-electron chi connectivity index (χ4n) is 3.10. The van der Waals surface area contributed by atoms with Crippen molar-refractivity contribution < 1.29 is 5.11 Å². The monoisotopic (exact) mass is 392 g/mol. The first-order valence-corrected chi connectivity index (χ1v) is 9.34. The summed E-state index contributed by atoms with van der Waals surface area (Å²) in [6, 6.07) is 18.0. The molecular weight excluding hydrogens is 360 g/mol. The third-order valence-corrected chi connectivity index (χ3v) is 4.68. The Hall–Kier alpha value is -1.63. The maximum atomic E-state index is 10.4. The second kappa shape index (κ2) is 12.0. The molecule has 0 aliphatic carbocycles. The molecule has 5 nitrogen and oxygen atoms in total. The Bertz CT molecular complexity index is 634. The van der Waals surface area contributed by atoms with Crippen LogP contribution in [0, 0.1) is 0 Å². The molecule has 0 radical (unpaired) electrons. The molecule has 27 heavy (non-hydrogen) atoms. The Balaban J connectivity index is 0.00000364. The molecule has 0 saturated carbocycles. The standard InChI is InChI=1S/C21H32N4O.ClH/c1-3-24(4-2)19-12-10-18(11-13-19)15-25(23)16-21(26)20(22)14-17-8-6-5-7-9-17;/h5-13,20-21,26H,3-4,14-16,22-23H2,1-2H3;1H/t20-,21-;/m0./s1. The summed E-state index contributed by atoms with van der Waals surface area (Å²) < 4.78 is 0. The fourth-order valence-corrected chi connectivity index (χ4v) is 3.10. The van der Waals surface area contributed by atoms with Crippen molar-refractivity contribution in [2.45, 2.75) is 39.0 Å². The minimum Gasteiger partial charge on any atom is -0.390 e. The van der Waals surface area contributed by atoms with Crippen molar-refractivity contribution >= 4 is 18.1 Å². The Labute approximate surface area is 169 Å². The van der Waals surface area contributed by atoms with E-state index in [9.17, 15) is 5.11 Å². The van der Waals surface area contributed by atoms with Crippen LogP contribution in [0.25, 0.3) is 0 Å². The summed E-state index contributed by atoms with van der Waals surface area (Å²) >= 11 is 0. The van der Waals surface area contributed by atoms with Crippen LogP contribution in [0.3, 0.4) is 0 Å². The number of rotatable bonds is 10. The predicted molar refractivity (Wildman–Crippen MR) is 116 cm³/mol. The van der Waals surface area contributed by atoms with Gasteiger partial charge in [-0.25, -0.2) is 5.01 Å². The molecule has 0 saturated heterocycles. The Morgan fingerprint density at radius 2 is 1.52 bits per heavy atom. The van der Waals surface area contributed by atoms with Crippen molar-refractivity contribution in [3.8, 4) is 0 Å². The minimum absolute atomic E-state index is 0. The lowest BCUT2D eigenvalue weighted by Crippen LogP contribution is -2.46. The average Bonchev–Trinajstić information content (AvgIpc) is 2.64. The molecule has 0 spiro atoms. The summed E-state index contributed by atoms with van der Waals surface area (Å²) in [5.74, 6) is 6.10. The van der Waals surface area contributed by atoms with Crippen LogP contribution in [0.15, 0.2) is 54.6 Å². The van der Waals surface area contributed by atoms with Gasteiger partial charge in [-0.05, 0) is 43.5 Å². The van der Waals surface area contributed by atoms with Gasteiger partial charge in [-0.1, -0.05) is 42.5 Å². The zero-order valence-corrected chi connectivity index (χ0v) is 17.1. The number of aliphatic hydroxyl groups excluding tert-OH is 1. The second-order valence-corrected chi connectivity index (χ2v) is 6.69. The van der Waals surface area contributed by atoms with E-state index in [1.165, 1.54) is 5.69 Å². The molecule has 2 aromatic rings. The number of aliphatic hydroxyl groups is 1. The van der Waals surface area contributed by atoms with Crippen LogP contribution in [0.4, 0.5) is 5.69 Å². The first kappa shape index (κ1) is 23.4. The van der Waals surface area contributed by atoms with Gasteiger partial charge in [0.15, 0.2) is 0 Å². The van der Waals surface area contributed by atoms with Crippen LogP contribution < -0.4 is 16.5 Å². The van der Waals surface area contributed by atoms with Crippen molar-refractivity contribution in [3.05, 3.63) is 65.7 Å². The molecule has 0 aliphatic rings. The van der Waals surface area contributed by atoms with Crippen molar-refractivity contribution in [2.24, 2.45) is 11.6 Å². The van der Waals surface area contributed by atoms with E-state index in [0.29, 0.717) is 19.5 Å². The highest BCUT2D eigenvalue weighted by molar-refractivity contribution is 5.85. The van der Waals surface area contributed by atoms with Gasteiger partial charge < -0.3 is 15.7 Å². The molecule has 0 aliphatic heterocycles. The molecule has 0 unspecified atom stereocenters. The van der Waals surface area contributed by atoms with E-state index in [-0.39, 0.29) is 18.4 Å². The molecule has 6 heteroatoms. The van der Waals surface area contributed by atoms with Crippen LogP contribution in [-0.4, -0.2) is 41.9 Å². The number of hydrogen-bond acceptors (Lipinski definition) is 5. The maximum absolute atomic E-state index is 10.4. The lowest BCUT2D eigenvalue weighted by Gasteiger charge is -2.25. The van der Waals surface area contributed by atoms with E-state index < -0.39 is 6.10 Å². The number of nitrogens with zero attached hydrogens (tertiary/aromatic N) is 2. The molecule has 5 N–H and O–H groups in total. The van der Waals surface area contributed by atoms with Crippen molar-refractivity contribution in [1.82, 2.24) is 5.01 Å². The van der Waals surface area contributed by atoms with Gasteiger partial charge in [-0.15, -0.1) is 12.4 Å². The van der Waals surface area contributed by atoms with Gasteiger partial charge in [0.25, 0.3) is 0 Å². The number of benzene rings is 2. The number of hydrazine groups is 1. The zero-order valence-electron chi connectivity index (χ0n) is 16.3. The summed E-state index contributed by atoms with van der Waals surface area (Å²) in [5.41, 5.74) is 9.59. The largest absolute Gasteiger partial charge is 0.390 e. The highest BCUT2D eigenvalue weighted by Crippen LogP contribution is 2.15. The van der Waals surface area contributed by atoms with Gasteiger partial charge in [-0.3, -0.25) is 5.84 Å². The summed E-state index contributed by atoms with van der Waals surface area (Å²) in [5, 5.41) is 12.0. The lowest BCUT2D eigenvalue weighted by molar-refractivity contribution is 0.0877. The Morgan fingerprint density at radius 1 is 0.926 bits per heavy atom. The molecule has 0 heterocycles. The first-order valence-electron chi connectivity index (χ1n) is 9.34. The molecule has 2 atom stereocenters. The van der Waals surface area contributed by atoms with Crippen molar-refractivity contribution in [2.75, 3.05) is 24.5 Å². The van der Waals surface area contributed by atoms with E-state index in [1.807, 2.05) is 30.3 Å². The molecule has 0 bridgehead atoms. The van der Waals surface area contributed by atoms with E-state index in [1.54, 1.807) is 5.01 Å². The third kappa shape index (κ3) is 7.48. The summed E-state index contributed by atoms with van der Waals surface area (Å²) in [6.07, 6.45) is -0.0378. The molecule has 2 rings (SSSR count). The number of nitrogens with two attached hydrogens (primary N) is 2. The molecule has 0 aromatic heterocycles. The molecule has 0 amide bonds. The van der Waals surface area contributed by atoms with Gasteiger partial charge in [-0.2, -0.15) is 0 Å². The second-order valence-electron chi connectivity index (χ2n) is 6.69. The fraction of sp³-hybridized carbons (Fsp3) is 0.429. The number of halogens is 1. The van der Waals surface area contributed by atoms with E-state index in [2.05, 4.69) is 43.0 Å². The normalized spacial score (nSPS) is 13.1. The highest BCUT2D eigenvalue weighted by atomic mass is 35.5. The maximum Gasteiger partial charge on any atom is 0.0835 e. The summed E-state index contributed by atoms with van der Waals surface area (Å²) in [4.78, 5) is 2.30. The van der Waals surface area contributed by atoms with E-state index in [0.717, 1.165) is 24.2 Å². The van der Waals surface area contributed by atoms with Gasteiger partial charge >= 0.3 is 0 Å². The van der Waals surface area contributed by atoms with E-state index >= 15 is 0 Å². The Morgan fingerprint density at radius 3 is 2.07 bits per heavy atom. The van der Waals surface area contributed by atoms with Crippen molar-refractivity contribution in [3.63, 3.8) is 0 Å².